The maximum absolute atomic E-state index is 15.0. The highest BCUT2D eigenvalue weighted by Gasteiger charge is 2.23. The van der Waals surface area contributed by atoms with Crippen LogP contribution in [0.3, 0.4) is 0 Å². The van der Waals surface area contributed by atoms with Crippen LogP contribution in [0.15, 0.2) is 46.7 Å². The number of hydrogen-bond donors (Lipinski definition) is 3. The molecular formula is C22H22FN6O2S+. The van der Waals surface area contributed by atoms with Gasteiger partial charge in [0.15, 0.2) is 10.8 Å². The van der Waals surface area contributed by atoms with E-state index >= 15 is 0 Å². The van der Waals surface area contributed by atoms with Crippen molar-refractivity contribution in [2.24, 2.45) is 7.05 Å². The van der Waals surface area contributed by atoms with Gasteiger partial charge in [-0.15, -0.1) is 10.2 Å². The molecule has 164 valence electrons. The van der Waals surface area contributed by atoms with Gasteiger partial charge in [-0.25, -0.2) is 9.60 Å². The number of carbonyl (C=O) groups excluding carboxylic acids is 1. The standard InChI is InChI=1S/C22H21FN6O2S/c1-29-12-25-27-22(29)32-19-7-6-16(28-31)10-17(19)21(30)26-20-15(11-24)8-14(9-18(20)23)13-4-2-3-5-13/h6-10,12-13,28,31H,2-5H2,1H3,(H,26,30)/p+1. The van der Waals surface area contributed by atoms with E-state index < -0.39 is 11.7 Å². The molecule has 3 aromatic rings. The molecule has 1 fully saturated rings. The SMILES string of the molecule is Cn1cnnc1Sc1ccc([NH2+]O)cc1C(=O)Nc1c(F)cc(C2CCCC2)cc1C#N. The third kappa shape index (κ3) is 4.50. The van der Waals surface area contributed by atoms with E-state index in [2.05, 4.69) is 15.5 Å². The van der Waals surface area contributed by atoms with E-state index in [0.717, 1.165) is 36.7 Å². The summed E-state index contributed by atoms with van der Waals surface area (Å²) < 4.78 is 16.7. The van der Waals surface area contributed by atoms with Crippen LogP contribution in [0.1, 0.15) is 53.1 Å². The minimum atomic E-state index is -0.633. The summed E-state index contributed by atoms with van der Waals surface area (Å²) in [4.78, 5) is 13.7. The third-order valence-corrected chi connectivity index (χ3v) is 6.69. The van der Waals surface area contributed by atoms with Gasteiger partial charge in [-0.05, 0) is 54.3 Å². The number of benzene rings is 2. The average Bonchev–Trinajstić information content (AvgIpc) is 3.47. The second-order valence-corrected chi connectivity index (χ2v) is 8.69. The summed E-state index contributed by atoms with van der Waals surface area (Å²) in [6, 6.07) is 9.90. The lowest BCUT2D eigenvalue weighted by atomic mass is 9.95. The summed E-state index contributed by atoms with van der Waals surface area (Å²) in [5.41, 5.74) is 2.24. The fourth-order valence-corrected chi connectivity index (χ4v) is 4.75. The number of nitrogens with zero attached hydrogens (tertiary/aromatic N) is 4. The van der Waals surface area contributed by atoms with Crippen LogP contribution >= 0.6 is 11.8 Å². The first-order chi connectivity index (χ1) is 15.5. The Bertz CT molecular complexity index is 1200. The Kier molecular flexibility index (Phi) is 6.50. The van der Waals surface area contributed by atoms with Crippen molar-refractivity contribution in [3.05, 3.63) is 59.2 Å². The smallest absolute Gasteiger partial charge is 0.257 e. The number of nitrogens with two attached hydrogens (primary N) is 1. The molecule has 2 aromatic carbocycles. The highest BCUT2D eigenvalue weighted by atomic mass is 32.2. The summed E-state index contributed by atoms with van der Waals surface area (Å²) >= 11 is 1.21. The Morgan fingerprint density at radius 3 is 2.78 bits per heavy atom. The molecule has 0 spiro atoms. The largest absolute Gasteiger partial charge is 0.318 e. The number of hydrogen-bond acceptors (Lipinski definition) is 6. The number of amides is 1. The number of quaternary nitrogens is 1. The first-order valence-corrected chi connectivity index (χ1v) is 11.0. The maximum Gasteiger partial charge on any atom is 0.257 e. The molecular weight excluding hydrogens is 431 g/mol. The second kappa shape index (κ2) is 9.48. The van der Waals surface area contributed by atoms with E-state index in [0.29, 0.717) is 15.7 Å². The number of rotatable bonds is 6. The number of aryl methyl sites for hydroxylation is 1. The minimum absolute atomic E-state index is 0.0904. The van der Waals surface area contributed by atoms with Crippen LogP contribution in [0, 0.1) is 17.1 Å². The van der Waals surface area contributed by atoms with Gasteiger partial charge in [0.25, 0.3) is 5.91 Å². The van der Waals surface area contributed by atoms with Crippen molar-refractivity contribution in [2.75, 3.05) is 5.32 Å². The van der Waals surface area contributed by atoms with Crippen LogP contribution in [0.2, 0.25) is 0 Å². The zero-order valence-electron chi connectivity index (χ0n) is 17.4. The van der Waals surface area contributed by atoms with Crippen LogP contribution in [0.25, 0.3) is 0 Å². The van der Waals surface area contributed by atoms with Crippen LogP contribution in [-0.4, -0.2) is 25.9 Å². The molecule has 1 aliphatic carbocycles. The van der Waals surface area contributed by atoms with Gasteiger partial charge in [0.2, 0.25) is 0 Å². The quantitative estimate of drug-likeness (QED) is 0.388. The van der Waals surface area contributed by atoms with Crippen LogP contribution in [-0.2, 0) is 7.05 Å². The molecule has 1 heterocycles. The molecule has 1 aliphatic rings. The number of aromatic nitrogens is 3. The van der Waals surface area contributed by atoms with Crippen LogP contribution in [0.5, 0.6) is 0 Å². The molecule has 1 amide bonds. The van der Waals surface area contributed by atoms with Gasteiger partial charge in [0.1, 0.15) is 18.2 Å². The Morgan fingerprint density at radius 2 is 2.12 bits per heavy atom. The zero-order chi connectivity index (χ0) is 22.7. The Morgan fingerprint density at radius 1 is 1.34 bits per heavy atom. The maximum atomic E-state index is 15.0. The van der Waals surface area contributed by atoms with Crippen LogP contribution in [0.4, 0.5) is 15.8 Å². The summed E-state index contributed by atoms with van der Waals surface area (Å²) in [6.45, 7) is 0. The second-order valence-electron chi connectivity index (χ2n) is 7.68. The van der Waals surface area contributed by atoms with Crippen molar-refractivity contribution >= 4 is 29.0 Å². The predicted molar refractivity (Wildman–Crippen MR) is 115 cm³/mol. The molecule has 0 radical (unpaired) electrons. The van der Waals surface area contributed by atoms with Crippen molar-refractivity contribution in [1.82, 2.24) is 14.8 Å². The molecule has 10 heteroatoms. The minimum Gasteiger partial charge on any atom is -0.318 e. The fourth-order valence-electron chi connectivity index (χ4n) is 3.88. The van der Waals surface area contributed by atoms with Crippen molar-refractivity contribution in [1.29, 1.82) is 5.26 Å². The summed E-state index contributed by atoms with van der Waals surface area (Å²) in [7, 11) is 1.78. The Hall–Kier alpha value is -3.26. The van der Waals surface area contributed by atoms with Gasteiger partial charge in [0, 0.05) is 24.1 Å². The highest BCUT2D eigenvalue weighted by Crippen LogP contribution is 2.37. The fraction of sp³-hybridized carbons (Fsp3) is 0.273. The van der Waals surface area contributed by atoms with Gasteiger partial charge in [0.05, 0.1) is 16.8 Å². The zero-order valence-corrected chi connectivity index (χ0v) is 18.2. The number of anilines is 1. The molecule has 0 atom stereocenters. The highest BCUT2D eigenvalue weighted by molar-refractivity contribution is 7.99. The molecule has 1 saturated carbocycles. The average molecular weight is 454 g/mol. The van der Waals surface area contributed by atoms with E-state index in [4.69, 9.17) is 0 Å². The summed E-state index contributed by atoms with van der Waals surface area (Å²) in [5, 5.41) is 30.0. The first kappa shape index (κ1) is 22.0. The number of carbonyl (C=O) groups is 1. The molecule has 0 bridgehead atoms. The van der Waals surface area contributed by atoms with Gasteiger partial charge in [-0.1, -0.05) is 12.8 Å². The van der Waals surface area contributed by atoms with Gasteiger partial charge < -0.3 is 9.88 Å². The topological polar surface area (TPSA) is 120 Å². The summed E-state index contributed by atoms with van der Waals surface area (Å²) in [6.07, 6.45) is 5.68. The molecule has 8 nitrogen and oxygen atoms in total. The number of nitrogens with one attached hydrogen (secondary N) is 1. The molecule has 0 unspecified atom stereocenters. The van der Waals surface area contributed by atoms with Crippen molar-refractivity contribution in [3.8, 4) is 6.07 Å². The normalized spacial score (nSPS) is 13.8. The lowest BCUT2D eigenvalue weighted by molar-refractivity contribution is -0.825. The van der Waals surface area contributed by atoms with Gasteiger partial charge in [-0.3, -0.25) is 4.79 Å². The van der Waals surface area contributed by atoms with E-state index in [1.165, 1.54) is 23.9 Å². The Balaban J connectivity index is 1.66. The molecule has 4 rings (SSSR count). The predicted octanol–water partition coefficient (Wildman–Crippen LogP) is 3.47. The molecule has 0 aliphatic heterocycles. The van der Waals surface area contributed by atoms with E-state index in [1.807, 2.05) is 6.07 Å². The monoisotopic (exact) mass is 453 g/mol. The lowest BCUT2D eigenvalue weighted by Gasteiger charge is -2.15. The Labute approximate surface area is 188 Å². The third-order valence-electron chi connectivity index (χ3n) is 5.57. The lowest BCUT2D eigenvalue weighted by Crippen LogP contribution is -2.73. The molecule has 0 saturated heterocycles. The molecule has 1 aromatic heterocycles. The van der Waals surface area contributed by atoms with Crippen molar-refractivity contribution in [2.45, 2.75) is 41.7 Å². The van der Waals surface area contributed by atoms with E-state index in [1.54, 1.807) is 36.1 Å². The number of nitriles is 1. The van der Waals surface area contributed by atoms with E-state index in [9.17, 15) is 19.7 Å². The van der Waals surface area contributed by atoms with E-state index in [-0.39, 0.29) is 22.7 Å². The first-order valence-electron chi connectivity index (χ1n) is 10.2. The summed E-state index contributed by atoms with van der Waals surface area (Å²) in [5.74, 6) is -0.985. The van der Waals surface area contributed by atoms with Gasteiger partial charge in [-0.2, -0.15) is 10.7 Å². The van der Waals surface area contributed by atoms with Crippen molar-refractivity contribution < 1.29 is 19.9 Å². The van der Waals surface area contributed by atoms with Crippen molar-refractivity contribution in [3.63, 3.8) is 0 Å². The van der Waals surface area contributed by atoms with Crippen LogP contribution < -0.4 is 10.8 Å². The van der Waals surface area contributed by atoms with Gasteiger partial charge >= 0.3 is 0 Å². The molecule has 4 N–H and O–H groups in total. The number of halogens is 1. The molecule has 32 heavy (non-hydrogen) atoms.